The summed E-state index contributed by atoms with van der Waals surface area (Å²) in [6, 6.07) is 13.9. The minimum absolute atomic E-state index is 0.0384. The van der Waals surface area contributed by atoms with Crippen molar-refractivity contribution in [3.05, 3.63) is 59.2 Å². The van der Waals surface area contributed by atoms with Crippen LogP contribution in [0, 0.1) is 12.8 Å². The summed E-state index contributed by atoms with van der Waals surface area (Å²) in [5.41, 5.74) is 3.35. The largest absolute Gasteiger partial charge is 0.454 e. The Kier molecular flexibility index (Phi) is 5.19. The molecule has 0 bridgehead atoms. The summed E-state index contributed by atoms with van der Waals surface area (Å²) in [6.45, 7) is 3.85. The van der Waals surface area contributed by atoms with Crippen molar-refractivity contribution in [2.45, 2.75) is 26.3 Å². The van der Waals surface area contributed by atoms with Crippen LogP contribution in [0.3, 0.4) is 0 Å². The molecule has 2 amide bonds. The first-order valence-electron chi connectivity index (χ1n) is 9.58. The normalized spacial score (nSPS) is 17.8. The maximum absolute atomic E-state index is 12.5. The number of carbonyl (C=O) groups excluding carboxylic acids is 2. The quantitative estimate of drug-likeness (QED) is 0.836. The number of likely N-dealkylation sites (tertiary alicyclic amines) is 1. The predicted molar refractivity (Wildman–Crippen MR) is 104 cm³/mol. The zero-order valence-electron chi connectivity index (χ0n) is 15.9. The van der Waals surface area contributed by atoms with Crippen LogP contribution in [-0.4, -0.2) is 36.6 Å². The highest BCUT2D eigenvalue weighted by Gasteiger charge is 2.34. The zero-order valence-corrected chi connectivity index (χ0v) is 15.9. The van der Waals surface area contributed by atoms with Gasteiger partial charge in [0.15, 0.2) is 11.5 Å². The molecule has 0 spiro atoms. The molecule has 2 aliphatic heterocycles. The van der Waals surface area contributed by atoms with Gasteiger partial charge in [-0.2, -0.15) is 0 Å². The van der Waals surface area contributed by atoms with Crippen LogP contribution < -0.4 is 14.8 Å². The van der Waals surface area contributed by atoms with E-state index in [0.29, 0.717) is 26.1 Å². The van der Waals surface area contributed by atoms with Crippen molar-refractivity contribution in [3.8, 4) is 11.5 Å². The fourth-order valence-electron chi connectivity index (χ4n) is 3.59. The summed E-state index contributed by atoms with van der Waals surface area (Å²) in [5, 5.41) is 2.96. The summed E-state index contributed by atoms with van der Waals surface area (Å²) in [6.07, 6.45) is 0.984. The van der Waals surface area contributed by atoms with Gasteiger partial charge in [0, 0.05) is 26.1 Å². The van der Waals surface area contributed by atoms with E-state index in [2.05, 4.69) is 5.32 Å². The van der Waals surface area contributed by atoms with Gasteiger partial charge in [-0.05, 0) is 36.6 Å². The Hall–Kier alpha value is -3.02. The summed E-state index contributed by atoms with van der Waals surface area (Å²) in [4.78, 5) is 26.5. The lowest BCUT2D eigenvalue weighted by Gasteiger charge is -2.17. The Morgan fingerprint density at radius 2 is 1.86 bits per heavy atom. The van der Waals surface area contributed by atoms with Gasteiger partial charge in [-0.25, -0.2) is 0 Å². The number of nitrogens with one attached hydrogen (secondary N) is 1. The van der Waals surface area contributed by atoms with Crippen LogP contribution in [0.4, 0.5) is 0 Å². The molecule has 1 unspecified atom stereocenters. The lowest BCUT2D eigenvalue weighted by atomic mass is 10.1. The first-order chi connectivity index (χ1) is 13.6. The lowest BCUT2D eigenvalue weighted by molar-refractivity contribution is -0.129. The standard InChI is InChI=1S/C22H24N2O4/c1-15-2-4-17(5-3-15)12-24-13-18(11-21(24)25)22(26)23-9-8-16-6-7-19-20(10-16)28-14-27-19/h2-7,10,18H,8-9,11-14H2,1H3,(H,23,26). The van der Waals surface area contributed by atoms with E-state index in [0.717, 1.165) is 22.6 Å². The molecule has 1 atom stereocenters. The average Bonchev–Trinajstić information content (AvgIpc) is 3.30. The van der Waals surface area contributed by atoms with Gasteiger partial charge >= 0.3 is 0 Å². The SMILES string of the molecule is Cc1ccc(CN2CC(C(=O)NCCc3ccc4c(c3)OCO4)CC2=O)cc1. The molecule has 2 aromatic rings. The molecule has 1 N–H and O–H groups in total. The molecule has 0 radical (unpaired) electrons. The molecular weight excluding hydrogens is 356 g/mol. The van der Waals surface area contributed by atoms with E-state index in [4.69, 9.17) is 9.47 Å². The van der Waals surface area contributed by atoms with E-state index in [1.165, 1.54) is 5.56 Å². The number of nitrogens with zero attached hydrogens (tertiary/aromatic N) is 1. The van der Waals surface area contributed by atoms with Crippen LogP contribution in [0.1, 0.15) is 23.1 Å². The van der Waals surface area contributed by atoms with E-state index in [-0.39, 0.29) is 30.9 Å². The third-order valence-electron chi connectivity index (χ3n) is 5.23. The van der Waals surface area contributed by atoms with Gasteiger partial charge in [0.1, 0.15) is 0 Å². The molecule has 2 heterocycles. The second-order valence-corrected chi connectivity index (χ2v) is 7.39. The predicted octanol–water partition coefficient (Wildman–Crippen LogP) is 2.43. The van der Waals surface area contributed by atoms with Crippen LogP contribution in [-0.2, 0) is 22.6 Å². The summed E-state index contributed by atoms with van der Waals surface area (Å²) < 4.78 is 10.7. The van der Waals surface area contributed by atoms with Gasteiger partial charge in [-0.15, -0.1) is 0 Å². The highest BCUT2D eigenvalue weighted by atomic mass is 16.7. The molecule has 6 heteroatoms. The Labute approximate surface area is 164 Å². The number of fused-ring (bicyclic) bond motifs is 1. The third-order valence-corrected chi connectivity index (χ3v) is 5.23. The number of rotatable bonds is 6. The van der Waals surface area contributed by atoms with Crippen molar-refractivity contribution in [1.82, 2.24) is 10.2 Å². The topological polar surface area (TPSA) is 67.9 Å². The molecule has 6 nitrogen and oxygen atoms in total. The molecule has 2 aliphatic rings. The number of ether oxygens (including phenoxy) is 2. The van der Waals surface area contributed by atoms with E-state index < -0.39 is 0 Å². The maximum atomic E-state index is 12.5. The number of benzene rings is 2. The van der Waals surface area contributed by atoms with Crippen LogP contribution >= 0.6 is 0 Å². The van der Waals surface area contributed by atoms with E-state index in [9.17, 15) is 9.59 Å². The van der Waals surface area contributed by atoms with E-state index >= 15 is 0 Å². The Bertz CT molecular complexity index is 879. The van der Waals surface area contributed by atoms with Gasteiger partial charge in [-0.1, -0.05) is 35.9 Å². The summed E-state index contributed by atoms with van der Waals surface area (Å²) in [7, 11) is 0. The first-order valence-corrected chi connectivity index (χ1v) is 9.58. The van der Waals surface area contributed by atoms with E-state index in [1.807, 2.05) is 49.4 Å². The van der Waals surface area contributed by atoms with Crippen molar-refractivity contribution in [1.29, 1.82) is 0 Å². The smallest absolute Gasteiger partial charge is 0.231 e. The molecule has 1 saturated heterocycles. The average molecular weight is 380 g/mol. The monoisotopic (exact) mass is 380 g/mol. The number of hydrogen-bond donors (Lipinski definition) is 1. The Morgan fingerprint density at radius 3 is 2.68 bits per heavy atom. The van der Waals surface area contributed by atoms with Crippen molar-refractivity contribution in [2.24, 2.45) is 5.92 Å². The number of carbonyl (C=O) groups is 2. The molecular formula is C22H24N2O4. The second-order valence-electron chi connectivity index (χ2n) is 7.39. The third kappa shape index (κ3) is 4.11. The fraction of sp³-hybridized carbons (Fsp3) is 0.364. The number of amides is 2. The maximum Gasteiger partial charge on any atom is 0.231 e. The van der Waals surface area contributed by atoms with Crippen molar-refractivity contribution >= 4 is 11.8 Å². The minimum atomic E-state index is -0.283. The summed E-state index contributed by atoms with van der Waals surface area (Å²) in [5.74, 6) is 1.20. The van der Waals surface area contributed by atoms with Gasteiger partial charge in [0.2, 0.25) is 18.6 Å². The molecule has 2 aromatic carbocycles. The molecule has 0 saturated carbocycles. The fourth-order valence-corrected chi connectivity index (χ4v) is 3.59. The first kappa shape index (κ1) is 18.3. The Balaban J connectivity index is 1.26. The number of hydrogen-bond acceptors (Lipinski definition) is 4. The van der Waals surface area contributed by atoms with Gasteiger partial charge < -0.3 is 19.7 Å². The summed E-state index contributed by atoms with van der Waals surface area (Å²) >= 11 is 0. The van der Waals surface area contributed by atoms with Gasteiger partial charge in [0.25, 0.3) is 0 Å². The highest BCUT2D eigenvalue weighted by molar-refractivity contribution is 5.89. The molecule has 146 valence electrons. The van der Waals surface area contributed by atoms with Crippen molar-refractivity contribution in [3.63, 3.8) is 0 Å². The lowest BCUT2D eigenvalue weighted by Crippen LogP contribution is -2.34. The molecule has 0 aliphatic carbocycles. The van der Waals surface area contributed by atoms with Crippen LogP contribution in [0.15, 0.2) is 42.5 Å². The molecule has 1 fully saturated rings. The van der Waals surface area contributed by atoms with Gasteiger partial charge in [-0.3, -0.25) is 9.59 Å². The Morgan fingerprint density at radius 1 is 1.11 bits per heavy atom. The van der Waals surface area contributed by atoms with Crippen LogP contribution in [0.2, 0.25) is 0 Å². The van der Waals surface area contributed by atoms with Crippen molar-refractivity contribution in [2.75, 3.05) is 19.9 Å². The van der Waals surface area contributed by atoms with Crippen molar-refractivity contribution < 1.29 is 19.1 Å². The second kappa shape index (κ2) is 7.92. The van der Waals surface area contributed by atoms with Crippen LogP contribution in [0.25, 0.3) is 0 Å². The zero-order chi connectivity index (χ0) is 19.5. The highest BCUT2D eigenvalue weighted by Crippen LogP contribution is 2.32. The molecule has 0 aromatic heterocycles. The molecule has 4 rings (SSSR count). The van der Waals surface area contributed by atoms with Gasteiger partial charge in [0.05, 0.1) is 5.92 Å². The number of aryl methyl sites for hydroxylation is 1. The van der Waals surface area contributed by atoms with E-state index in [1.54, 1.807) is 4.90 Å². The minimum Gasteiger partial charge on any atom is -0.454 e. The molecule has 28 heavy (non-hydrogen) atoms. The van der Waals surface area contributed by atoms with Crippen LogP contribution in [0.5, 0.6) is 11.5 Å².